The first-order valence-corrected chi connectivity index (χ1v) is 19.1. The molecule has 0 unspecified atom stereocenters. The monoisotopic (exact) mass is 695 g/mol. The number of aromatic nitrogens is 4. The molecule has 4 heterocycles. The van der Waals surface area contributed by atoms with Crippen LogP contribution in [0.1, 0.15) is 79.6 Å². The molecule has 1 saturated heterocycles. The third-order valence-electron chi connectivity index (χ3n) is 10.2. The zero-order valence-corrected chi connectivity index (χ0v) is 30.0. The highest BCUT2D eigenvalue weighted by molar-refractivity contribution is 7.92. The van der Waals surface area contributed by atoms with E-state index in [1.54, 1.807) is 35.5 Å². The molecule has 4 aromatic rings. The number of ether oxygens (including phenoxy) is 1. The maximum absolute atomic E-state index is 14.6. The number of sulfonamides is 1. The van der Waals surface area contributed by atoms with Crippen LogP contribution in [0.5, 0.6) is 5.88 Å². The molecule has 1 aliphatic carbocycles. The largest absolute Gasteiger partial charge is 0.475 e. The highest BCUT2D eigenvalue weighted by Gasteiger charge is 2.32. The van der Waals surface area contributed by atoms with Gasteiger partial charge < -0.3 is 14.5 Å². The molecule has 1 N–H and O–H groups in total. The van der Waals surface area contributed by atoms with Crippen molar-refractivity contribution >= 4 is 27.7 Å². The zero-order valence-electron chi connectivity index (χ0n) is 29.2. The summed E-state index contributed by atoms with van der Waals surface area (Å²) in [6.07, 6.45) is 9.76. The minimum atomic E-state index is -4.16. The molecule has 0 spiro atoms. The number of benzene rings is 2. The van der Waals surface area contributed by atoms with Crippen LogP contribution < -0.4 is 14.4 Å². The molecule has 7 rings (SSSR count). The summed E-state index contributed by atoms with van der Waals surface area (Å²) in [6, 6.07) is 13.9. The van der Waals surface area contributed by atoms with Gasteiger partial charge in [-0.3, -0.25) is 9.78 Å². The van der Waals surface area contributed by atoms with Gasteiger partial charge in [0.2, 0.25) is 11.8 Å². The van der Waals surface area contributed by atoms with Crippen molar-refractivity contribution in [2.45, 2.75) is 89.7 Å². The van der Waals surface area contributed by atoms with Crippen molar-refractivity contribution in [1.82, 2.24) is 24.8 Å². The van der Waals surface area contributed by atoms with Crippen molar-refractivity contribution in [3.8, 4) is 17.1 Å². The van der Waals surface area contributed by atoms with Crippen molar-refractivity contribution in [3.63, 3.8) is 0 Å². The molecule has 2 aliphatic heterocycles. The first-order valence-electron chi connectivity index (χ1n) is 17.7. The van der Waals surface area contributed by atoms with E-state index in [4.69, 9.17) is 9.72 Å². The summed E-state index contributed by atoms with van der Waals surface area (Å²) in [5, 5.41) is 0. The molecule has 2 fully saturated rings. The van der Waals surface area contributed by atoms with Crippen molar-refractivity contribution < 1.29 is 17.9 Å². The Bertz CT molecular complexity index is 1980. The Morgan fingerprint density at radius 1 is 0.960 bits per heavy atom. The van der Waals surface area contributed by atoms with Gasteiger partial charge in [-0.2, -0.15) is 4.98 Å². The normalized spacial score (nSPS) is 20.5. The molecule has 2 aromatic heterocycles. The van der Waals surface area contributed by atoms with Crippen molar-refractivity contribution in [2.75, 3.05) is 22.8 Å². The second-order valence-electron chi connectivity index (χ2n) is 14.2. The lowest BCUT2D eigenvalue weighted by molar-refractivity contribution is 0.0564. The first-order chi connectivity index (χ1) is 24.1. The number of hydrogen-bond donors (Lipinski definition) is 1. The van der Waals surface area contributed by atoms with Gasteiger partial charge in [-0.1, -0.05) is 51.0 Å². The minimum Gasteiger partial charge on any atom is -0.475 e. The Balaban J connectivity index is 1.30. The van der Waals surface area contributed by atoms with Gasteiger partial charge in [0.25, 0.3) is 15.9 Å². The fourth-order valence-electron chi connectivity index (χ4n) is 7.30. The number of carbonyl (C=O) groups is 1. The van der Waals surface area contributed by atoms with Gasteiger partial charge in [0.05, 0.1) is 41.3 Å². The number of aryl methyl sites for hydroxylation is 2. The molecule has 0 radical (unpaired) electrons. The number of rotatable bonds is 8. The van der Waals surface area contributed by atoms with E-state index in [1.807, 2.05) is 32.0 Å². The van der Waals surface area contributed by atoms with Crippen LogP contribution in [0.3, 0.4) is 0 Å². The summed E-state index contributed by atoms with van der Waals surface area (Å²) in [6.45, 7) is 9.71. The van der Waals surface area contributed by atoms with E-state index >= 15 is 0 Å². The third kappa shape index (κ3) is 7.31. The predicted molar refractivity (Wildman–Crippen MR) is 193 cm³/mol. The molecular weight excluding hydrogens is 651 g/mol. The van der Waals surface area contributed by atoms with E-state index in [9.17, 15) is 13.2 Å². The quantitative estimate of drug-likeness (QED) is 0.218. The molecule has 3 aliphatic rings. The molecule has 50 heavy (non-hydrogen) atoms. The van der Waals surface area contributed by atoms with Crippen LogP contribution in [0.25, 0.3) is 11.3 Å². The van der Waals surface area contributed by atoms with Crippen LogP contribution in [0.4, 0.5) is 11.8 Å². The lowest BCUT2D eigenvalue weighted by Crippen LogP contribution is -2.44. The minimum absolute atomic E-state index is 0.0591. The zero-order chi connectivity index (χ0) is 35.0. The molecule has 12 heteroatoms. The second kappa shape index (κ2) is 14.0. The number of nitrogens with zero attached hydrogens (tertiary/aromatic N) is 6. The van der Waals surface area contributed by atoms with E-state index in [0.717, 1.165) is 48.3 Å². The summed E-state index contributed by atoms with van der Waals surface area (Å²) in [5.41, 5.74) is 4.33. The van der Waals surface area contributed by atoms with E-state index in [0.29, 0.717) is 35.7 Å². The molecule has 1 saturated carbocycles. The summed E-state index contributed by atoms with van der Waals surface area (Å²) in [5.74, 6) is 1.74. The second-order valence-corrected chi connectivity index (χ2v) is 15.9. The Morgan fingerprint density at radius 3 is 2.50 bits per heavy atom. The topological polar surface area (TPSA) is 131 Å². The molecule has 11 nitrogen and oxygen atoms in total. The van der Waals surface area contributed by atoms with Crippen LogP contribution in [0.15, 0.2) is 65.8 Å². The van der Waals surface area contributed by atoms with Crippen LogP contribution in [-0.2, 0) is 16.6 Å². The van der Waals surface area contributed by atoms with Gasteiger partial charge in [-0.05, 0) is 80.7 Å². The summed E-state index contributed by atoms with van der Waals surface area (Å²) in [4.78, 5) is 37.4. The Labute approximate surface area is 294 Å². The molecule has 2 atom stereocenters. The Morgan fingerprint density at radius 2 is 1.74 bits per heavy atom. The van der Waals surface area contributed by atoms with E-state index in [-0.39, 0.29) is 47.4 Å². The maximum Gasteiger partial charge on any atom is 0.264 e. The van der Waals surface area contributed by atoms with Crippen molar-refractivity contribution in [3.05, 3.63) is 83.3 Å². The first kappa shape index (κ1) is 33.9. The van der Waals surface area contributed by atoms with Gasteiger partial charge >= 0.3 is 0 Å². The lowest BCUT2D eigenvalue weighted by atomic mass is 10.00. The smallest absolute Gasteiger partial charge is 0.264 e. The summed E-state index contributed by atoms with van der Waals surface area (Å²) in [7, 11) is -4.16. The number of carbonyl (C=O) groups excluding carboxylic acids is 1. The average Bonchev–Trinajstić information content (AvgIpc) is 3.78. The van der Waals surface area contributed by atoms with Crippen molar-refractivity contribution in [2.24, 2.45) is 11.8 Å². The molecular formula is C38H45N7O4S. The summed E-state index contributed by atoms with van der Waals surface area (Å²) >= 11 is 0. The molecule has 262 valence electrons. The Hall–Kier alpha value is -4.58. The number of anilines is 2. The number of amides is 1. The van der Waals surface area contributed by atoms with E-state index in [1.165, 1.54) is 25.0 Å². The molecule has 1 amide bonds. The Kier molecular flexibility index (Phi) is 9.47. The van der Waals surface area contributed by atoms with Crippen molar-refractivity contribution in [1.29, 1.82) is 0 Å². The van der Waals surface area contributed by atoms with Crippen LogP contribution >= 0.6 is 0 Å². The number of hydrogen-bond acceptors (Lipinski definition) is 9. The SMILES string of the molecule is Cc1cccc(C)c1-c1cc2nc(n1)NS(=O)(=O)c1cccc(c1)C(=O)N(Cc1cncc(N3CCC[C@H]3C(C)C)n1)[C@H](CCC1CC1)CO2. The molecule has 2 aromatic carbocycles. The predicted octanol–water partition coefficient (Wildman–Crippen LogP) is 6.57. The molecule has 4 bridgehead atoms. The van der Waals surface area contributed by atoms with Gasteiger partial charge in [-0.25, -0.2) is 23.1 Å². The fraction of sp³-hybridized carbons (Fsp3) is 0.447. The lowest BCUT2D eigenvalue weighted by Gasteiger charge is -2.32. The third-order valence-corrected chi connectivity index (χ3v) is 11.5. The van der Waals surface area contributed by atoms with Gasteiger partial charge in [0, 0.05) is 29.8 Å². The highest BCUT2D eigenvalue weighted by Crippen LogP contribution is 2.36. The number of fused-ring (bicyclic) bond motifs is 4. The fourth-order valence-corrected chi connectivity index (χ4v) is 8.29. The van der Waals surface area contributed by atoms with Gasteiger partial charge in [-0.15, -0.1) is 0 Å². The van der Waals surface area contributed by atoms with E-state index in [2.05, 4.69) is 38.4 Å². The maximum atomic E-state index is 14.6. The summed E-state index contributed by atoms with van der Waals surface area (Å²) < 4.78 is 36.5. The van der Waals surface area contributed by atoms with Crippen LogP contribution in [0.2, 0.25) is 0 Å². The van der Waals surface area contributed by atoms with Crippen LogP contribution in [-0.4, -0.2) is 64.4 Å². The number of nitrogens with one attached hydrogen (secondary N) is 1. The van der Waals surface area contributed by atoms with Crippen LogP contribution in [0, 0.1) is 25.7 Å². The van der Waals surface area contributed by atoms with Gasteiger partial charge in [0.15, 0.2) is 0 Å². The highest BCUT2D eigenvalue weighted by atomic mass is 32.2. The standard InChI is InChI=1S/C38H45N7O4S/c1-24(2)33-12-7-17-44(33)34-21-39-20-29(40-34)22-45-30(16-15-27-13-14-27)23-49-35-19-32(36-25(3)8-5-9-26(36)4)41-38(42-35)43-50(47,48)31-11-6-10-28(18-31)37(45)46/h5-6,8-11,18-21,24,27,30,33H,7,12-17,22-23H2,1-4H3,(H,41,42,43)/t30-,33+/m1/s1. The van der Waals surface area contributed by atoms with E-state index < -0.39 is 10.0 Å². The average molecular weight is 696 g/mol. The van der Waals surface area contributed by atoms with Gasteiger partial charge in [0.1, 0.15) is 12.4 Å².